The highest BCUT2D eigenvalue weighted by molar-refractivity contribution is 8.13. The first-order chi connectivity index (χ1) is 17.0. The average molecular weight is 537 g/mol. The first kappa shape index (κ1) is 26.2. The van der Waals surface area contributed by atoms with E-state index < -0.39 is 6.10 Å². The van der Waals surface area contributed by atoms with Crippen molar-refractivity contribution >= 4 is 54.2 Å². The van der Waals surface area contributed by atoms with Gasteiger partial charge in [0.15, 0.2) is 36.1 Å². The molecule has 7 nitrogen and oxygen atoms in total. The zero-order chi connectivity index (χ0) is 25.3. The lowest BCUT2D eigenvalue weighted by Gasteiger charge is -2.31. The first-order valence-corrected chi connectivity index (χ1v) is 13.9. The van der Waals surface area contributed by atoms with Gasteiger partial charge in [-0.2, -0.15) is 13.3 Å². The molecule has 1 N–H and O–H groups in total. The fourth-order valence-corrected chi connectivity index (χ4v) is 7.01. The zero-order valence-electron chi connectivity index (χ0n) is 20.0. The van der Waals surface area contributed by atoms with Gasteiger partial charge < -0.3 is 5.11 Å². The number of hydrogen-bond donors (Lipinski definition) is 1. The first-order valence-electron chi connectivity index (χ1n) is 11.8. The lowest BCUT2D eigenvalue weighted by molar-refractivity contribution is 0.199. The van der Waals surface area contributed by atoms with E-state index in [1.165, 1.54) is 15.9 Å². The van der Waals surface area contributed by atoms with Crippen LogP contribution in [0.15, 0.2) is 12.4 Å². The molecular weight excluding hydrogens is 509 g/mol. The van der Waals surface area contributed by atoms with E-state index in [0.29, 0.717) is 33.4 Å². The van der Waals surface area contributed by atoms with E-state index in [1.54, 1.807) is 19.3 Å². The van der Waals surface area contributed by atoms with Crippen molar-refractivity contribution in [2.45, 2.75) is 77.0 Å². The molecule has 13 heteroatoms. The summed E-state index contributed by atoms with van der Waals surface area (Å²) in [6.45, 7) is 7.57. The fourth-order valence-electron chi connectivity index (χ4n) is 5.51. The third kappa shape index (κ3) is 4.66. The highest BCUT2D eigenvalue weighted by atomic mass is 32.3. The summed E-state index contributed by atoms with van der Waals surface area (Å²) in [5.41, 5.74) is 2.68. The van der Waals surface area contributed by atoms with Crippen LogP contribution in [0.2, 0.25) is 11.6 Å². The van der Waals surface area contributed by atoms with Crippen LogP contribution in [0.4, 0.5) is 13.6 Å². The number of rotatable bonds is 6. The number of nitrogens with zero attached hydrogens (tertiary/aromatic N) is 6. The number of fused-ring (bicyclic) bond motifs is 3. The molecule has 3 aromatic rings. The van der Waals surface area contributed by atoms with Gasteiger partial charge in [-0.1, -0.05) is 26.7 Å². The van der Waals surface area contributed by atoms with Crippen LogP contribution in [-0.4, -0.2) is 31.4 Å². The summed E-state index contributed by atoms with van der Waals surface area (Å²) < 4.78 is 29.8. The average Bonchev–Trinajstić information content (AvgIpc) is 3.57. The summed E-state index contributed by atoms with van der Waals surface area (Å²) >= 11 is 0.906. The van der Waals surface area contributed by atoms with Crippen molar-refractivity contribution in [2.75, 3.05) is 3.71 Å². The summed E-state index contributed by atoms with van der Waals surface area (Å²) in [5, 5.41) is 24.4. The number of thiazole rings is 1. The molecule has 0 spiro atoms. The van der Waals surface area contributed by atoms with E-state index in [2.05, 4.69) is 16.1 Å². The Morgan fingerprint density at radius 3 is 2.46 bits per heavy atom. The minimum Gasteiger partial charge on any atom is -0.386 e. The molecule has 0 saturated carbocycles. The molecule has 2 saturated heterocycles. The molecule has 2 bridgehead atoms. The molecule has 0 aliphatic carbocycles. The maximum Gasteiger partial charge on any atom is 0.274 e. The third-order valence-corrected chi connectivity index (χ3v) is 9.10. The Labute approximate surface area is 217 Å². The predicted molar refractivity (Wildman–Crippen MR) is 141 cm³/mol. The van der Waals surface area contributed by atoms with Crippen molar-refractivity contribution in [1.29, 1.82) is 5.26 Å². The lowest BCUT2D eigenvalue weighted by atomic mass is 9.34. The topological polar surface area (TPSA) is 90.3 Å². The number of hydrogen-bond acceptors (Lipinski definition) is 9. The summed E-state index contributed by atoms with van der Waals surface area (Å²) in [6, 6.07) is 0. The predicted octanol–water partition coefficient (Wildman–Crippen LogP) is 7.08. The van der Waals surface area contributed by atoms with Crippen LogP contribution in [-0.2, 0) is 0 Å². The molecule has 3 unspecified atom stereocenters. The Bertz CT molecular complexity index is 1210. The van der Waals surface area contributed by atoms with Crippen LogP contribution in [0.25, 0.3) is 16.1 Å². The molecule has 2 fully saturated rings. The van der Waals surface area contributed by atoms with E-state index >= 15 is 0 Å². The van der Waals surface area contributed by atoms with Gasteiger partial charge >= 0.3 is 0 Å². The van der Waals surface area contributed by atoms with Crippen molar-refractivity contribution in [3.8, 4) is 16.4 Å². The van der Waals surface area contributed by atoms with Gasteiger partial charge in [0.05, 0.1) is 22.3 Å². The quantitative estimate of drug-likeness (QED) is 0.264. The number of aliphatic hydroxyl groups excluding tert-OH is 1. The molecule has 5 heterocycles. The maximum atomic E-state index is 13.7. The molecule has 0 radical (unpaired) electrons. The minimum atomic E-state index is -0.695. The Hall–Kier alpha value is -1.88. The molecule has 5 rings (SSSR count). The lowest BCUT2D eigenvalue weighted by Crippen LogP contribution is -2.28. The number of halogens is 2. The molecule has 3 aromatic heterocycles. The van der Waals surface area contributed by atoms with Crippen molar-refractivity contribution in [2.24, 2.45) is 0 Å². The van der Waals surface area contributed by atoms with Gasteiger partial charge in [0.25, 0.3) is 6.71 Å². The standard InChI is InChI=1S/C20H21BF2N6OS3.C2H6/c1-10-17(12-5-13-3-4-14(6-12)21(13)9-24)27-18-15(16-8-25-19(31-16)11(2)30)7-26-28(18)20(10)29(32-22)33-23;1-2/h7-8,11-14,30H,3-6H2,1-2H3;1-2H3. The van der Waals surface area contributed by atoms with Crippen LogP contribution in [0, 0.1) is 18.2 Å². The third-order valence-electron chi connectivity index (χ3n) is 6.97. The van der Waals surface area contributed by atoms with E-state index in [9.17, 15) is 18.1 Å². The van der Waals surface area contributed by atoms with Gasteiger partial charge in [0, 0.05) is 23.6 Å². The minimum absolute atomic E-state index is 0.0886. The van der Waals surface area contributed by atoms with Crippen LogP contribution >= 0.6 is 36.0 Å². The number of nitriles is 1. The molecule has 2 aliphatic heterocycles. The monoisotopic (exact) mass is 536 g/mol. The molecule has 186 valence electrons. The summed E-state index contributed by atoms with van der Waals surface area (Å²) in [6.07, 6.45) is 6.37. The van der Waals surface area contributed by atoms with Gasteiger partial charge in [-0.15, -0.1) is 19.1 Å². The molecule has 3 atom stereocenters. The van der Waals surface area contributed by atoms with Crippen LogP contribution in [0.5, 0.6) is 0 Å². The van der Waals surface area contributed by atoms with Gasteiger partial charge in [0.2, 0.25) is 0 Å². The largest absolute Gasteiger partial charge is 0.386 e. The Kier molecular flexibility index (Phi) is 8.25. The summed E-state index contributed by atoms with van der Waals surface area (Å²) in [4.78, 5) is 10.0. The number of aliphatic hydroxyl groups is 1. The van der Waals surface area contributed by atoms with Crippen molar-refractivity contribution < 1.29 is 12.9 Å². The van der Waals surface area contributed by atoms with Gasteiger partial charge in [-0.25, -0.2) is 15.2 Å². The van der Waals surface area contributed by atoms with Crippen molar-refractivity contribution in [3.05, 3.63) is 28.7 Å². The number of anilines is 1. The van der Waals surface area contributed by atoms with Crippen molar-refractivity contribution in [1.82, 2.24) is 19.6 Å². The molecule has 2 aliphatic rings. The van der Waals surface area contributed by atoms with E-state index in [4.69, 9.17) is 4.98 Å². The van der Waals surface area contributed by atoms with Crippen LogP contribution in [0.1, 0.15) is 74.7 Å². The fraction of sp³-hybridized carbons (Fsp3) is 0.545. The second-order valence-corrected chi connectivity index (χ2v) is 11.1. The van der Waals surface area contributed by atoms with Gasteiger partial charge in [-0.05, 0) is 38.3 Å². The molecule has 0 amide bonds. The Balaban J connectivity index is 0.00000141. The molecule has 0 aromatic carbocycles. The Morgan fingerprint density at radius 2 is 1.91 bits per heavy atom. The van der Waals surface area contributed by atoms with E-state index in [0.717, 1.165) is 40.0 Å². The second kappa shape index (κ2) is 11.0. The highest BCUT2D eigenvalue weighted by Gasteiger charge is 2.47. The number of aromatic nitrogens is 4. The van der Waals surface area contributed by atoms with E-state index in [-0.39, 0.29) is 43.1 Å². The maximum absolute atomic E-state index is 13.7. The van der Waals surface area contributed by atoms with Crippen LogP contribution in [0.3, 0.4) is 0 Å². The molecule has 35 heavy (non-hydrogen) atoms. The van der Waals surface area contributed by atoms with Gasteiger partial charge in [-0.3, -0.25) is 0 Å². The summed E-state index contributed by atoms with van der Waals surface area (Å²) in [5.74, 6) is 3.57. The second-order valence-electron chi connectivity index (χ2n) is 8.79. The SMILES string of the molecule is CC.Cc1c(C2CC3CCC(C2)B3C#N)nc2c(-c3cnc(C(C)O)s3)cnn2c1N(SF)SF. The Morgan fingerprint density at radius 1 is 1.26 bits per heavy atom. The smallest absolute Gasteiger partial charge is 0.274 e. The van der Waals surface area contributed by atoms with Crippen molar-refractivity contribution in [3.63, 3.8) is 0 Å². The highest BCUT2D eigenvalue weighted by Crippen LogP contribution is 2.54. The molecular formula is C22H27BF2N6OS3. The normalized spacial score (nSPS) is 22.0. The van der Waals surface area contributed by atoms with Crippen LogP contribution < -0.4 is 3.71 Å². The van der Waals surface area contributed by atoms with E-state index in [1.807, 2.05) is 20.8 Å². The zero-order valence-corrected chi connectivity index (χ0v) is 22.4. The summed E-state index contributed by atoms with van der Waals surface area (Å²) in [7, 11) is 0. The van der Waals surface area contributed by atoms with Gasteiger partial charge in [0.1, 0.15) is 11.1 Å².